The minimum absolute atomic E-state index is 0.0348. The second-order valence-electron chi connectivity index (χ2n) is 5.71. The van der Waals surface area contributed by atoms with Gasteiger partial charge in [-0.1, -0.05) is 20.8 Å². The zero-order chi connectivity index (χ0) is 12.2. The van der Waals surface area contributed by atoms with Crippen LogP contribution in [0.5, 0.6) is 0 Å². The Morgan fingerprint density at radius 3 is 2.56 bits per heavy atom. The molecule has 1 aliphatic rings. The molecule has 0 aromatic carbocycles. The molecule has 1 heterocycles. The molecule has 1 saturated heterocycles. The third kappa shape index (κ3) is 3.72. The minimum atomic E-state index is -0.416. The highest BCUT2D eigenvalue weighted by Gasteiger charge is 2.37. The van der Waals surface area contributed by atoms with Gasteiger partial charge in [0.25, 0.3) is 0 Å². The fourth-order valence-electron chi connectivity index (χ4n) is 2.32. The molecule has 0 aliphatic carbocycles. The molecule has 3 nitrogen and oxygen atoms in total. The van der Waals surface area contributed by atoms with E-state index >= 15 is 0 Å². The quantitative estimate of drug-likeness (QED) is 0.805. The van der Waals surface area contributed by atoms with Crippen molar-refractivity contribution in [2.75, 3.05) is 19.8 Å². The van der Waals surface area contributed by atoms with Gasteiger partial charge in [0.05, 0.1) is 18.8 Å². The van der Waals surface area contributed by atoms with Crippen LogP contribution >= 0.6 is 0 Å². The predicted molar refractivity (Wildman–Crippen MR) is 64.4 cm³/mol. The molecule has 1 fully saturated rings. The van der Waals surface area contributed by atoms with Gasteiger partial charge in [0.2, 0.25) is 0 Å². The van der Waals surface area contributed by atoms with Crippen molar-refractivity contribution < 1.29 is 14.6 Å². The highest BCUT2D eigenvalue weighted by Crippen LogP contribution is 2.30. The molecule has 0 radical (unpaired) electrons. The molecule has 0 aromatic heterocycles. The Morgan fingerprint density at radius 2 is 2.12 bits per heavy atom. The molecule has 0 aromatic rings. The molecule has 0 bridgehead atoms. The van der Waals surface area contributed by atoms with E-state index in [-0.39, 0.29) is 17.4 Å². The van der Waals surface area contributed by atoms with Crippen LogP contribution in [-0.4, -0.2) is 37.1 Å². The van der Waals surface area contributed by atoms with E-state index in [2.05, 4.69) is 20.8 Å². The number of hydrogen-bond donors (Lipinski definition) is 1. The molecular weight excluding hydrogens is 204 g/mol. The summed E-state index contributed by atoms with van der Waals surface area (Å²) >= 11 is 0. The van der Waals surface area contributed by atoms with Crippen LogP contribution in [0.15, 0.2) is 0 Å². The van der Waals surface area contributed by atoms with Crippen molar-refractivity contribution in [2.24, 2.45) is 11.3 Å². The first-order valence-corrected chi connectivity index (χ1v) is 6.34. The Balaban J connectivity index is 2.61. The topological polar surface area (TPSA) is 38.7 Å². The van der Waals surface area contributed by atoms with Crippen LogP contribution in [0, 0.1) is 11.3 Å². The molecule has 1 aliphatic heterocycles. The van der Waals surface area contributed by atoms with E-state index in [4.69, 9.17) is 9.47 Å². The van der Waals surface area contributed by atoms with Crippen LogP contribution in [0.4, 0.5) is 0 Å². The van der Waals surface area contributed by atoms with Crippen molar-refractivity contribution in [1.82, 2.24) is 0 Å². The second-order valence-corrected chi connectivity index (χ2v) is 5.71. The third-order valence-electron chi connectivity index (χ3n) is 3.19. The SMILES string of the molecule is CCOC(C(O)C1CCCOC1)C(C)(C)C. The average molecular weight is 230 g/mol. The van der Waals surface area contributed by atoms with E-state index in [1.807, 2.05) is 6.92 Å². The average Bonchev–Trinajstić information content (AvgIpc) is 2.25. The van der Waals surface area contributed by atoms with E-state index in [0.29, 0.717) is 13.2 Å². The first kappa shape index (κ1) is 13.9. The van der Waals surface area contributed by atoms with Crippen LogP contribution in [0.25, 0.3) is 0 Å². The Bertz CT molecular complexity index is 192. The second kappa shape index (κ2) is 5.99. The summed E-state index contributed by atoms with van der Waals surface area (Å²) in [6.45, 7) is 10.5. The maximum absolute atomic E-state index is 10.4. The molecule has 1 rings (SSSR count). The van der Waals surface area contributed by atoms with Gasteiger partial charge < -0.3 is 14.6 Å². The molecule has 3 unspecified atom stereocenters. The standard InChI is InChI=1S/C13H26O3/c1-5-16-12(13(2,3)4)11(14)10-7-6-8-15-9-10/h10-12,14H,5-9H2,1-4H3. The molecule has 0 amide bonds. The Morgan fingerprint density at radius 1 is 1.44 bits per heavy atom. The van der Waals surface area contributed by atoms with E-state index in [9.17, 15) is 5.11 Å². The molecule has 3 heteroatoms. The lowest BCUT2D eigenvalue weighted by Crippen LogP contribution is -2.46. The summed E-state index contributed by atoms with van der Waals surface area (Å²) in [5.41, 5.74) is -0.0348. The van der Waals surface area contributed by atoms with Gasteiger partial charge in [0.15, 0.2) is 0 Å². The number of hydrogen-bond acceptors (Lipinski definition) is 3. The molecule has 0 saturated carbocycles. The van der Waals surface area contributed by atoms with E-state index in [1.54, 1.807) is 0 Å². The lowest BCUT2D eigenvalue weighted by molar-refractivity contribution is -0.127. The summed E-state index contributed by atoms with van der Waals surface area (Å²) in [4.78, 5) is 0. The summed E-state index contributed by atoms with van der Waals surface area (Å²) in [5, 5.41) is 10.4. The Hall–Kier alpha value is -0.120. The van der Waals surface area contributed by atoms with Gasteiger partial charge in [0.1, 0.15) is 0 Å². The van der Waals surface area contributed by atoms with Crippen LogP contribution in [0.1, 0.15) is 40.5 Å². The van der Waals surface area contributed by atoms with E-state index in [1.165, 1.54) is 0 Å². The maximum Gasteiger partial charge on any atom is 0.0885 e. The molecular formula is C13H26O3. The van der Waals surface area contributed by atoms with Gasteiger partial charge in [-0.2, -0.15) is 0 Å². The zero-order valence-electron chi connectivity index (χ0n) is 11.0. The lowest BCUT2D eigenvalue weighted by Gasteiger charge is -2.38. The van der Waals surface area contributed by atoms with Crippen molar-refractivity contribution >= 4 is 0 Å². The molecule has 16 heavy (non-hydrogen) atoms. The summed E-state index contributed by atoms with van der Waals surface area (Å²) < 4.78 is 11.1. The fourth-order valence-corrected chi connectivity index (χ4v) is 2.32. The highest BCUT2D eigenvalue weighted by atomic mass is 16.5. The van der Waals surface area contributed by atoms with Gasteiger partial charge in [0, 0.05) is 19.1 Å². The number of aliphatic hydroxyl groups is 1. The van der Waals surface area contributed by atoms with Gasteiger partial charge in [-0.3, -0.25) is 0 Å². The van der Waals surface area contributed by atoms with Crippen LogP contribution in [0.3, 0.4) is 0 Å². The van der Waals surface area contributed by atoms with Crippen molar-refractivity contribution in [3.63, 3.8) is 0 Å². The smallest absolute Gasteiger partial charge is 0.0885 e. The Labute approximate surface area is 99.1 Å². The van der Waals surface area contributed by atoms with Crippen molar-refractivity contribution in [3.8, 4) is 0 Å². The lowest BCUT2D eigenvalue weighted by atomic mass is 9.80. The number of rotatable bonds is 4. The highest BCUT2D eigenvalue weighted by molar-refractivity contribution is 4.86. The van der Waals surface area contributed by atoms with Gasteiger partial charge in [-0.05, 0) is 25.2 Å². The van der Waals surface area contributed by atoms with Gasteiger partial charge in [-0.25, -0.2) is 0 Å². The minimum Gasteiger partial charge on any atom is -0.390 e. The van der Waals surface area contributed by atoms with Crippen LogP contribution in [-0.2, 0) is 9.47 Å². The molecule has 96 valence electrons. The van der Waals surface area contributed by atoms with Crippen molar-refractivity contribution in [2.45, 2.75) is 52.7 Å². The summed E-state index contributed by atoms with van der Waals surface area (Å²) in [7, 11) is 0. The summed E-state index contributed by atoms with van der Waals surface area (Å²) in [6, 6.07) is 0. The third-order valence-corrected chi connectivity index (χ3v) is 3.19. The van der Waals surface area contributed by atoms with Crippen molar-refractivity contribution in [1.29, 1.82) is 0 Å². The molecule has 3 atom stereocenters. The van der Waals surface area contributed by atoms with Gasteiger partial charge in [-0.15, -0.1) is 0 Å². The monoisotopic (exact) mass is 230 g/mol. The predicted octanol–water partition coefficient (Wildman–Crippen LogP) is 2.23. The van der Waals surface area contributed by atoms with Gasteiger partial charge >= 0.3 is 0 Å². The first-order chi connectivity index (χ1) is 7.46. The normalized spacial score (nSPS) is 26.4. The van der Waals surface area contributed by atoms with Crippen LogP contribution < -0.4 is 0 Å². The number of ether oxygens (including phenoxy) is 2. The van der Waals surface area contributed by atoms with Crippen LogP contribution in [0.2, 0.25) is 0 Å². The molecule has 0 spiro atoms. The molecule has 1 N–H and O–H groups in total. The fraction of sp³-hybridized carbons (Fsp3) is 1.00. The zero-order valence-corrected chi connectivity index (χ0v) is 11.0. The number of aliphatic hydroxyl groups excluding tert-OH is 1. The van der Waals surface area contributed by atoms with E-state index in [0.717, 1.165) is 19.4 Å². The maximum atomic E-state index is 10.4. The summed E-state index contributed by atoms with van der Waals surface area (Å²) in [6.07, 6.45) is 1.57. The largest absolute Gasteiger partial charge is 0.390 e. The van der Waals surface area contributed by atoms with E-state index < -0.39 is 6.10 Å². The summed E-state index contributed by atoms with van der Waals surface area (Å²) in [5.74, 6) is 0.226. The Kier molecular flexibility index (Phi) is 5.22. The van der Waals surface area contributed by atoms with Crippen molar-refractivity contribution in [3.05, 3.63) is 0 Å². The first-order valence-electron chi connectivity index (χ1n) is 6.34.